The fourth-order valence-corrected chi connectivity index (χ4v) is 3.32. The molecule has 0 aliphatic heterocycles. The van der Waals surface area contributed by atoms with Crippen LogP contribution in [0.3, 0.4) is 0 Å². The maximum atomic E-state index is 12.5. The Bertz CT molecular complexity index is 538. The molecule has 1 aromatic heterocycles. The van der Waals surface area contributed by atoms with Crippen LogP contribution >= 0.6 is 15.9 Å². The summed E-state index contributed by atoms with van der Waals surface area (Å²) < 4.78 is 2.42. The lowest BCUT2D eigenvalue weighted by Gasteiger charge is -2.25. The lowest BCUT2D eigenvalue weighted by molar-refractivity contribution is 0.262. The van der Waals surface area contributed by atoms with Crippen LogP contribution in [0, 0.1) is 11.8 Å². The molecule has 5 heteroatoms. The summed E-state index contributed by atoms with van der Waals surface area (Å²) in [6.45, 7) is 2.98. The van der Waals surface area contributed by atoms with E-state index in [4.69, 9.17) is 0 Å². The summed E-state index contributed by atoms with van der Waals surface area (Å²) in [6.07, 6.45) is 9.15. The smallest absolute Gasteiger partial charge is 0.291 e. The third kappa shape index (κ3) is 2.92. The molecule has 1 aromatic rings. The van der Waals surface area contributed by atoms with Gasteiger partial charge in [-0.25, -0.2) is 4.68 Å². The zero-order chi connectivity index (χ0) is 14.1. The summed E-state index contributed by atoms with van der Waals surface area (Å²) in [6, 6.07) is 0.471. The van der Waals surface area contributed by atoms with E-state index in [0.29, 0.717) is 17.6 Å². The van der Waals surface area contributed by atoms with Crippen LogP contribution in [0.15, 0.2) is 15.5 Å². The first-order valence-corrected chi connectivity index (χ1v) is 8.50. The van der Waals surface area contributed by atoms with Gasteiger partial charge in [-0.3, -0.25) is 4.79 Å². The molecule has 1 heterocycles. The molecular formula is C15H22BrN3O. The quantitative estimate of drug-likeness (QED) is 0.863. The molecule has 1 N–H and O–H groups in total. The maximum Gasteiger partial charge on any atom is 0.291 e. The largest absolute Gasteiger partial charge is 0.377 e. The van der Waals surface area contributed by atoms with Crippen LogP contribution < -0.4 is 10.9 Å². The van der Waals surface area contributed by atoms with Crippen molar-refractivity contribution >= 4 is 21.6 Å². The van der Waals surface area contributed by atoms with Crippen LogP contribution in [0.1, 0.15) is 45.4 Å². The number of nitrogens with zero attached hydrogens (tertiary/aromatic N) is 2. The highest BCUT2D eigenvalue weighted by atomic mass is 79.9. The van der Waals surface area contributed by atoms with Gasteiger partial charge in [0.15, 0.2) is 0 Å². The lowest BCUT2D eigenvalue weighted by atomic mass is 9.85. The van der Waals surface area contributed by atoms with Crippen LogP contribution in [0.5, 0.6) is 0 Å². The Morgan fingerprint density at radius 2 is 2.30 bits per heavy atom. The molecule has 0 amide bonds. The molecule has 0 radical (unpaired) electrons. The van der Waals surface area contributed by atoms with Crippen molar-refractivity contribution in [3.05, 3.63) is 21.0 Å². The van der Waals surface area contributed by atoms with Crippen molar-refractivity contribution in [3.8, 4) is 0 Å². The SMILES string of the molecule is CCCC1CC1Nc1c(Br)cnn(CC2CCC2)c1=O. The molecule has 3 rings (SSSR count). The maximum absolute atomic E-state index is 12.5. The third-order valence-electron chi connectivity index (χ3n) is 4.57. The predicted octanol–water partition coefficient (Wildman–Crippen LogP) is 3.41. The summed E-state index contributed by atoms with van der Waals surface area (Å²) in [5, 5.41) is 7.68. The molecule has 2 atom stereocenters. The van der Waals surface area contributed by atoms with Crippen molar-refractivity contribution in [3.63, 3.8) is 0 Å². The van der Waals surface area contributed by atoms with E-state index in [-0.39, 0.29) is 5.56 Å². The summed E-state index contributed by atoms with van der Waals surface area (Å²) in [4.78, 5) is 12.5. The van der Waals surface area contributed by atoms with E-state index < -0.39 is 0 Å². The van der Waals surface area contributed by atoms with E-state index in [1.54, 1.807) is 10.9 Å². The molecule has 0 saturated heterocycles. The van der Waals surface area contributed by atoms with Gasteiger partial charge in [-0.1, -0.05) is 19.8 Å². The Kier molecular flexibility index (Phi) is 4.15. The van der Waals surface area contributed by atoms with Gasteiger partial charge in [0.1, 0.15) is 5.69 Å². The Morgan fingerprint density at radius 1 is 1.50 bits per heavy atom. The monoisotopic (exact) mass is 339 g/mol. The minimum absolute atomic E-state index is 0.0217. The van der Waals surface area contributed by atoms with E-state index in [0.717, 1.165) is 16.9 Å². The van der Waals surface area contributed by atoms with Crippen LogP contribution in [0.25, 0.3) is 0 Å². The molecule has 0 aromatic carbocycles. The van der Waals surface area contributed by atoms with Gasteiger partial charge in [-0.15, -0.1) is 0 Å². The van der Waals surface area contributed by atoms with E-state index >= 15 is 0 Å². The zero-order valence-electron chi connectivity index (χ0n) is 11.9. The van der Waals surface area contributed by atoms with Gasteiger partial charge in [-0.2, -0.15) is 5.10 Å². The van der Waals surface area contributed by atoms with Gasteiger partial charge in [-0.05, 0) is 53.4 Å². The third-order valence-corrected chi connectivity index (χ3v) is 5.17. The number of rotatable bonds is 6. The average molecular weight is 340 g/mol. The minimum atomic E-state index is 0.0217. The second-order valence-electron chi connectivity index (χ2n) is 6.19. The van der Waals surface area contributed by atoms with Crippen molar-refractivity contribution in [2.24, 2.45) is 11.8 Å². The first-order valence-electron chi connectivity index (χ1n) is 7.71. The van der Waals surface area contributed by atoms with E-state index in [1.807, 2.05) is 0 Å². The molecule has 2 aliphatic carbocycles. The van der Waals surface area contributed by atoms with Gasteiger partial charge in [0, 0.05) is 12.6 Å². The zero-order valence-corrected chi connectivity index (χ0v) is 13.5. The van der Waals surface area contributed by atoms with Gasteiger partial charge < -0.3 is 5.32 Å². The number of aromatic nitrogens is 2. The Hall–Kier alpha value is -0.840. The summed E-state index contributed by atoms with van der Waals surface area (Å²) in [5.74, 6) is 1.38. The Balaban J connectivity index is 1.72. The van der Waals surface area contributed by atoms with Crippen molar-refractivity contribution in [2.45, 2.75) is 58.0 Å². The van der Waals surface area contributed by atoms with Crippen molar-refractivity contribution in [2.75, 3.05) is 5.32 Å². The molecule has 20 heavy (non-hydrogen) atoms. The number of hydrogen-bond donors (Lipinski definition) is 1. The van der Waals surface area contributed by atoms with E-state index in [2.05, 4.69) is 33.3 Å². The minimum Gasteiger partial charge on any atom is -0.377 e. The van der Waals surface area contributed by atoms with Crippen molar-refractivity contribution < 1.29 is 0 Å². The second kappa shape index (κ2) is 5.88. The van der Waals surface area contributed by atoms with Crippen LogP contribution in [-0.2, 0) is 6.54 Å². The molecule has 2 aliphatic rings. The topological polar surface area (TPSA) is 46.9 Å². The summed E-state index contributed by atoms with van der Waals surface area (Å²) in [7, 11) is 0. The number of hydrogen-bond acceptors (Lipinski definition) is 3. The highest BCUT2D eigenvalue weighted by Gasteiger charge is 2.36. The second-order valence-corrected chi connectivity index (χ2v) is 7.04. The van der Waals surface area contributed by atoms with Crippen molar-refractivity contribution in [1.82, 2.24) is 9.78 Å². The van der Waals surface area contributed by atoms with Crippen molar-refractivity contribution in [1.29, 1.82) is 0 Å². The number of anilines is 1. The first kappa shape index (κ1) is 14.1. The van der Waals surface area contributed by atoms with Crippen LogP contribution in [0.2, 0.25) is 0 Å². The van der Waals surface area contributed by atoms with Gasteiger partial charge in [0.05, 0.1) is 10.7 Å². The standard InChI is InChI=1S/C15H22BrN3O/c1-2-4-11-7-13(11)18-14-12(16)8-17-19(15(14)20)9-10-5-3-6-10/h8,10-11,13,18H,2-7,9H2,1H3. The fraction of sp³-hybridized carbons (Fsp3) is 0.733. The van der Waals surface area contributed by atoms with Crippen LogP contribution in [0.4, 0.5) is 5.69 Å². The molecule has 0 spiro atoms. The summed E-state index contributed by atoms with van der Waals surface area (Å²) in [5.41, 5.74) is 0.719. The molecule has 2 unspecified atom stereocenters. The molecule has 2 saturated carbocycles. The van der Waals surface area contributed by atoms with Gasteiger partial charge in [0.25, 0.3) is 5.56 Å². The Labute approximate surface area is 128 Å². The normalized spacial score (nSPS) is 25.3. The highest BCUT2D eigenvalue weighted by molar-refractivity contribution is 9.10. The van der Waals surface area contributed by atoms with Gasteiger partial charge >= 0.3 is 0 Å². The fourth-order valence-electron chi connectivity index (χ4n) is 2.95. The molecule has 2 fully saturated rings. The Morgan fingerprint density at radius 3 is 2.95 bits per heavy atom. The lowest BCUT2D eigenvalue weighted by Crippen LogP contribution is -2.31. The summed E-state index contributed by atoms with van der Waals surface area (Å²) >= 11 is 3.46. The molecular weight excluding hydrogens is 318 g/mol. The molecule has 4 nitrogen and oxygen atoms in total. The molecule has 110 valence electrons. The van der Waals surface area contributed by atoms with E-state index in [1.165, 1.54) is 38.5 Å². The molecule has 0 bridgehead atoms. The van der Waals surface area contributed by atoms with Gasteiger partial charge in [0.2, 0.25) is 0 Å². The average Bonchev–Trinajstić information content (AvgIpc) is 3.10. The van der Waals surface area contributed by atoms with Crippen LogP contribution in [-0.4, -0.2) is 15.8 Å². The predicted molar refractivity (Wildman–Crippen MR) is 84.0 cm³/mol. The van der Waals surface area contributed by atoms with E-state index in [9.17, 15) is 4.79 Å². The number of nitrogens with one attached hydrogen (secondary N) is 1. The first-order chi connectivity index (χ1) is 9.69. The number of halogens is 1. The highest BCUT2D eigenvalue weighted by Crippen LogP contribution is 2.37.